The van der Waals surface area contributed by atoms with Crippen molar-refractivity contribution in [2.45, 2.75) is 6.92 Å². The fraction of sp³-hybridized carbons (Fsp3) is 0.0526. The zero-order valence-corrected chi connectivity index (χ0v) is 14.5. The van der Waals surface area contributed by atoms with Crippen molar-refractivity contribution >= 4 is 17.2 Å². The van der Waals surface area contributed by atoms with Crippen LogP contribution in [-0.2, 0) is 0 Å². The van der Waals surface area contributed by atoms with E-state index in [1.165, 1.54) is 9.08 Å². The number of aryl methyl sites for hydroxylation is 1. The Morgan fingerprint density at radius 1 is 1.08 bits per heavy atom. The van der Waals surface area contributed by atoms with Crippen LogP contribution in [0.5, 0.6) is 0 Å². The molecule has 0 aliphatic carbocycles. The van der Waals surface area contributed by atoms with Gasteiger partial charge in [0.05, 0.1) is 5.69 Å². The van der Waals surface area contributed by atoms with Crippen molar-refractivity contribution in [2.24, 2.45) is 0 Å². The normalized spacial score (nSPS) is 10.8. The predicted molar refractivity (Wildman–Crippen MR) is 98.5 cm³/mol. The molecule has 0 aliphatic heterocycles. The Balaban J connectivity index is 2.05. The number of rotatable bonds is 2. The van der Waals surface area contributed by atoms with Gasteiger partial charge >= 0.3 is 5.69 Å². The van der Waals surface area contributed by atoms with E-state index in [4.69, 9.17) is 11.6 Å². The Kier molecular flexibility index (Phi) is 3.79. The van der Waals surface area contributed by atoms with Crippen LogP contribution in [0.3, 0.4) is 0 Å². The summed E-state index contributed by atoms with van der Waals surface area (Å²) in [5, 5.41) is 18.3. The quantitative estimate of drug-likeness (QED) is 0.548. The van der Waals surface area contributed by atoms with Gasteiger partial charge in [-0.05, 0) is 36.8 Å². The van der Waals surface area contributed by atoms with E-state index in [0.717, 1.165) is 5.56 Å². The van der Waals surface area contributed by atoms with Gasteiger partial charge in [0.1, 0.15) is 11.6 Å². The van der Waals surface area contributed by atoms with Crippen LogP contribution in [0.2, 0.25) is 5.02 Å². The summed E-state index contributed by atoms with van der Waals surface area (Å²) in [6.45, 7) is 1.80. The van der Waals surface area contributed by atoms with Gasteiger partial charge in [0.25, 0.3) is 0 Å². The highest BCUT2D eigenvalue weighted by molar-refractivity contribution is 6.30. The highest BCUT2D eigenvalue weighted by Gasteiger charge is 2.21. The number of nitriles is 1. The first-order chi connectivity index (χ1) is 12.6. The molecule has 4 rings (SSSR count). The highest BCUT2D eigenvalue weighted by atomic mass is 35.5. The van der Waals surface area contributed by atoms with Crippen LogP contribution in [0.4, 0.5) is 0 Å². The minimum absolute atomic E-state index is 0.249. The first-order valence-corrected chi connectivity index (χ1v) is 8.22. The van der Waals surface area contributed by atoms with Gasteiger partial charge in [0.15, 0.2) is 5.65 Å². The van der Waals surface area contributed by atoms with Crippen LogP contribution in [0.1, 0.15) is 11.3 Å². The van der Waals surface area contributed by atoms with E-state index in [1.54, 1.807) is 31.2 Å². The van der Waals surface area contributed by atoms with E-state index in [9.17, 15) is 10.1 Å². The third-order valence-electron chi connectivity index (χ3n) is 4.23. The molecule has 0 radical (unpaired) electrons. The summed E-state index contributed by atoms with van der Waals surface area (Å²) in [6, 6.07) is 18.3. The van der Waals surface area contributed by atoms with E-state index in [0.29, 0.717) is 27.5 Å². The molecule has 2 heterocycles. The van der Waals surface area contributed by atoms with Crippen LogP contribution in [0, 0.1) is 18.3 Å². The second-order valence-corrected chi connectivity index (χ2v) is 6.17. The number of aromatic nitrogens is 4. The number of benzene rings is 2. The standard InChI is InChI=1S/C19H12ClN5O/c1-12-17(13-5-3-2-4-6-13)16(11-21)18-22-23-25(19(26)24(12)18)15-9-7-14(20)8-10-15/h2-10H,1H3. The van der Waals surface area contributed by atoms with Gasteiger partial charge in [0, 0.05) is 16.3 Å². The molecule has 6 nitrogen and oxygen atoms in total. The first-order valence-electron chi connectivity index (χ1n) is 7.84. The van der Waals surface area contributed by atoms with E-state index < -0.39 is 5.69 Å². The van der Waals surface area contributed by atoms with E-state index in [2.05, 4.69) is 16.4 Å². The molecule has 0 atom stereocenters. The summed E-state index contributed by atoms with van der Waals surface area (Å²) in [5.74, 6) is 0. The monoisotopic (exact) mass is 361 g/mol. The van der Waals surface area contributed by atoms with Gasteiger partial charge in [-0.2, -0.15) is 9.94 Å². The van der Waals surface area contributed by atoms with Crippen LogP contribution >= 0.6 is 11.6 Å². The fourth-order valence-electron chi connectivity index (χ4n) is 3.03. The molecule has 0 bridgehead atoms. The molecular weight excluding hydrogens is 350 g/mol. The first kappa shape index (κ1) is 16.1. The molecule has 0 saturated heterocycles. The minimum atomic E-state index is -0.395. The minimum Gasteiger partial charge on any atom is -0.245 e. The van der Waals surface area contributed by atoms with E-state index in [-0.39, 0.29) is 5.65 Å². The molecule has 126 valence electrons. The Hall–Kier alpha value is -3.43. The van der Waals surface area contributed by atoms with E-state index in [1.807, 2.05) is 30.3 Å². The third-order valence-corrected chi connectivity index (χ3v) is 4.48. The van der Waals surface area contributed by atoms with Gasteiger partial charge in [-0.15, -0.1) is 5.10 Å². The fourth-order valence-corrected chi connectivity index (χ4v) is 3.16. The molecule has 0 aliphatic rings. The van der Waals surface area contributed by atoms with Crippen LogP contribution in [0.25, 0.3) is 22.5 Å². The van der Waals surface area contributed by atoms with Crippen molar-refractivity contribution in [3.63, 3.8) is 0 Å². The lowest BCUT2D eigenvalue weighted by atomic mass is 10.0. The second-order valence-electron chi connectivity index (χ2n) is 5.73. The molecule has 0 fully saturated rings. The molecule has 4 aromatic rings. The lowest BCUT2D eigenvalue weighted by Gasteiger charge is -2.05. The zero-order valence-electron chi connectivity index (χ0n) is 13.7. The smallest absolute Gasteiger partial charge is 0.245 e. The van der Waals surface area contributed by atoms with Crippen molar-refractivity contribution in [1.82, 2.24) is 19.4 Å². The summed E-state index contributed by atoms with van der Waals surface area (Å²) in [7, 11) is 0. The van der Waals surface area contributed by atoms with Gasteiger partial charge in [-0.25, -0.2) is 9.20 Å². The van der Waals surface area contributed by atoms with Crippen molar-refractivity contribution in [3.8, 4) is 22.9 Å². The predicted octanol–water partition coefficient (Wildman–Crippen LogP) is 3.38. The summed E-state index contributed by atoms with van der Waals surface area (Å²) in [6.07, 6.45) is 0. The highest BCUT2D eigenvalue weighted by Crippen LogP contribution is 2.30. The van der Waals surface area contributed by atoms with Crippen molar-refractivity contribution in [1.29, 1.82) is 5.26 Å². The zero-order chi connectivity index (χ0) is 18.3. The summed E-state index contributed by atoms with van der Waals surface area (Å²) in [5.41, 5.74) is 2.92. The Morgan fingerprint density at radius 3 is 2.42 bits per heavy atom. The average molecular weight is 362 g/mol. The Bertz CT molecular complexity index is 1220. The Labute approximate surface area is 153 Å². The summed E-state index contributed by atoms with van der Waals surface area (Å²) in [4.78, 5) is 13.0. The third kappa shape index (κ3) is 2.38. The average Bonchev–Trinajstić information content (AvgIpc) is 2.96. The van der Waals surface area contributed by atoms with Crippen molar-refractivity contribution in [2.75, 3.05) is 0 Å². The lowest BCUT2D eigenvalue weighted by molar-refractivity contribution is 0.671. The Morgan fingerprint density at radius 2 is 1.77 bits per heavy atom. The maximum absolute atomic E-state index is 13.0. The number of fused-ring (bicyclic) bond motifs is 1. The van der Waals surface area contributed by atoms with Crippen LogP contribution in [0.15, 0.2) is 59.4 Å². The second kappa shape index (κ2) is 6.14. The molecule has 2 aromatic heterocycles. The molecule has 26 heavy (non-hydrogen) atoms. The molecule has 0 N–H and O–H groups in total. The maximum Gasteiger partial charge on any atom is 0.356 e. The maximum atomic E-state index is 13.0. The lowest BCUT2D eigenvalue weighted by Crippen LogP contribution is -2.29. The molecule has 0 spiro atoms. The molecule has 0 unspecified atom stereocenters. The van der Waals surface area contributed by atoms with Gasteiger partial charge in [-0.3, -0.25) is 0 Å². The summed E-state index contributed by atoms with van der Waals surface area (Å²) >= 11 is 5.91. The van der Waals surface area contributed by atoms with E-state index >= 15 is 0 Å². The molecule has 0 saturated carbocycles. The number of hydrogen-bond donors (Lipinski definition) is 0. The van der Waals surface area contributed by atoms with Crippen LogP contribution in [-0.4, -0.2) is 19.4 Å². The molecular formula is C19H12ClN5O. The van der Waals surface area contributed by atoms with Crippen molar-refractivity contribution in [3.05, 3.63) is 81.4 Å². The van der Waals surface area contributed by atoms with Gasteiger partial charge in [0.2, 0.25) is 0 Å². The SMILES string of the molecule is Cc1c(-c2ccccc2)c(C#N)c2nnn(-c3ccc(Cl)cc3)c(=O)n12. The molecule has 0 amide bonds. The largest absolute Gasteiger partial charge is 0.356 e. The van der Waals surface area contributed by atoms with Crippen LogP contribution < -0.4 is 5.69 Å². The summed E-state index contributed by atoms with van der Waals surface area (Å²) < 4.78 is 2.61. The van der Waals surface area contributed by atoms with Gasteiger partial charge in [-0.1, -0.05) is 47.1 Å². The molecule has 2 aromatic carbocycles. The number of hydrogen-bond acceptors (Lipinski definition) is 4. The van der Waals surface area contributed by atoms with Crippen molar-refractivity contribution < 1.29 is 0 Å². The number of halogens is 1. The topological polar surface area (TPSA) is 76.0 Å². The number of nitrogens with zero attached hydrogens (tertiary/aromatic N) is 5. The van der Waals surface area contributed by atoms with Gasteiger partial charge < -0.3 is 0 Å². The molecule has 7 heteroatoms.